The molecule has 0 aliphatic rings. The minimum Gasteiger partial charge on any atom is -0.389 e. The molecule has 84 valence electrons. The van der Waals surface area contributed by atoms with Crippen LogP contribution >= 0.6 is 0 Å². The summed E-state index contributed by atoms with van der Waals surface area (Å²) in [5.41, 5.74) is -0.991. The first kappa shape index (κ1) is 11.7. The first-order valence-electron chi connectivity index (χ1n) is 4.94. The summed E-state index contributed by atoms with van der Waals surface area (Å²) < 4.78 is 0. The van der Waals surface area contributed by atoms with E-state index in [1.54, 1.807) is 13.8 Å². The second-order valence-electron chi connectivity index (χ2n) is 4.10. The van der Waals surface area contributed by atoms with E-state index >= 15 is 0 Å². The molecule has 1 aromatic rings. The molecule has 0 amide bonds. The van der Waals surface area contributed by atoms with E-state index in [-0.39, 0.29) is 5.56 Å². The molecule has 0 saturated heterocycles. The predicted octanol–water partition coefficient (Wildman–Crippen LogP) is 0.367. The highest BCUT2D eigenvalue weighted by molar-refractivity contribution is 5.36. The molecule has 0 aromatic carbocycles. The van der Waals surface area contributed by atoms with Crippen molar-refractivity contribution in [3.8, 4) is 0 Å². The van der Waals surface area contributed by atoms with Gasteiger partial charge in [-0.3, -0.25) is 4.79 Å². The Morgan fingerprint density at radius 3 is 2.73 bits per heavy atom. The zero-order valence-corrected chi connectivity index (χ0v) is 9.32. The molecule has 0 unspecified atom stereocenters. The molecule has 0 saturated carbocycles. The summed E-state index contributed by atoms with van der Waals surface area (Å²) in [6, 6.07) is 1.43. The van der Waals surface area contributed by atoms with Gasteiger partial charge in [0.15, 0.2) is 0 Å². The largest absolute Gasteiger partial charge is 0.389 e. The van der Waals surface area contributed by atoms with Crippen LogP contribution in [-0.2, 0) is 0 Å². The summed E-state index contributed by atoms with van der Waals surface area (Å²) in [7, 11) is 0. The average Bonchev–Trinajstić information content (AvgIpc) is 2.13. The van der Waals surface area contributed by atoms with Gasteiger partial charge in [0.25, 0.3) is 5.56 Å². The molecule has 0 atom stereocenters. The molecule has 0 radical (unpaired) electrons. The van der Waals surface area contributed by atoms with Gasteiger partial charge in [0.2, 0.25) is 0 Å². The Hall–Kier alpha value is -1.36. The van der Waals surface area contributed by atoms with E-state index in [4.69, 9.17) is 0 Å². The smallest absolute Gasteiger partial charge is 0.252 e. The summed E-state index contributed by atoms with van der Waals surface area (Å²) in [6.45, 7) is 6.54. The second-order valence-corrected chi connectivity index (χ2v) is 4.10. The lowest BCUT2D eigenvalue weighted by Crippen LogP contribution is -2.39. The van der Waals surface area contributed by atoms with Crippen molar-refractivity contribution in [3.63, 3.8) is 0 Å². The van der Waals surface area contributed by atoms with Crippen LogP contribution in [0.25, 0.3) is 0 Å². The van der Waals surface area contributed by atoms with Gasteiger partial charge in [0.05, 0.1) is 11.9 Å². The van der Waals surface area contributed by atoms with E-state index in [1.165, 1.54) is 12.4 Å². The summed E-state index contributed by atoms with van der Waals surface area (Å²) in [6.07, 6.45) is 1.37. The van der Waals surface area contributed by atoms with Crippen molar-refractivity contribution in [2.45, 2.75) is 26.4 Å². The van der Waals surface area contributed by atoms with Crippen LogP contribution in [-0.4, -0.2) is 33.8 Å². The molecule has 1 rings (SSSR count). The van der Waals surface area contributed by atoms with Gasteiger partial charge in [-0.15, -0.1) is 0 Å². The molecule has 0 aliphatic carbocycles. The Morgan fingerprint density at radius 1 is 1.60 bits per heavy atom. The number of nitrogens with zero attached hydrogens (tertiary/aromatic N) is 2. The maximum absolute atomic E-state index is 11.1. The lowest BCUT2D eigenvalue weighted by Gasteiger charge is -2.28. The number of rotatable bonds is 4. The Labute approximate surface area is 88.8 Å². The molecule has 0 bridgehead atoms. The van der Waals surface area contributed by atoms with Crippen LogP contribution in [0.5, 0.6) is 0 Å². The van der Waals surface area contributed by atoms with E-state index in [0.29, 0.717) is 18.9 Å². The minimum absolute atomic E-state index is 0.186. The van der Waals surface area contributed by atoms with E-state index in [1.807, 2.05) is 11.8 Å². The van der Waals surface area contributed by atoms with Crippen LogP contribution in [0.4, 0.5) is 5.82 Å². The van der Waals surface area contributed by atoms with E-state index in [0.717, 1.165) is 0 Å². The summed E-state index contributed by atoms with van der Waals surface area (Å²) in [5.74, 6) is 0.586. The molecular formula is C10H17N3O2. The number of H-pyrrole nitrogens is 1. The fraction of sp³-hybridized carbons (Fsp3) is 0.600. The number of aromatic nitrogens is 2. The molecule has 1 aromatic heterocycles. The minimum atomic E-state index is -0.805. The van der Waals surface area contributed by atoms with E-state index in [9.17, 15) is 9.90 Å². The number of aliphatic hydroxyl groups is 1. The molecule has 5 nitrogen and oxygen atoms in total. The maximum Gasteiger partial charge on any atom is 0.252 e. The fourth-order valence-electron chi connectivity index (χ4n) is 1.35. The molecule has 5 heteroatoms. The number of hydrogen-bond acceptors (Lipinski definition) is 4. The van der Waals surface area contributed by atoms with Gasteiger partial charge in [-0.2, -0.15) is 0 Å². The van der Waals surface area contributed by atoms with Gasteiger partial charge in [-0.25, -0.2) is 4.98 Å². The van der Waals surface area contributed by atoms with E-state index < -0.39 is 5.60 Å². The van der Waals surface area contributed by atoms with Gasteiger partial charge >= 0.3 is 0 Å². The fourth-order valence-corrected chi connectivity index (χ4v) is 1.35. The van der Waals surface area contributed by atoms with Gasteiger partial charge < -0.3 is 15.0 Å². The van der Waals surface area contributed by atoms with Crippen molar-refractivity contribution in [1.82, 2.24) is 9.97 Å². The van der Waals surface area contributed by atoms with Gasteiger partial charge in [0.1, 0.15) is 5.82 Å². The van der Waals surface area contributed by atoms with Crippen molar-refractivity contribution < 1.29 is 5.11 Å². The molecule has 15 heavy (non-hydrogen) atoms. The second kappa shape index (κ2) is 4.44. The van der Waals surface area contributed by atoms with Crippen LogP contribution in [0, 0.1) is 0 Å². The number of aromatic amines is 1. The molecule has 1 heterocycles. The first-order chi connectivity index (χ1) is 6.92. The van der Waals surface area contributed by atoms with Crippen LogP contribution < -0.4 is 10.5 Å². The molecular weight excluding hydrogens is 194 g/mol. The molecule has 0 fully saturated rings. The highest BCUT2D eigenvalue weighted by Crippen LogP contribution is 2.11. The van der Waals surface area contributed by atoms with Crippen molar-refractivity contribution in [1.29, 1.82) is 0 Å². The zero-order valence-electron chi connectivity index (χ0n) is 9.32. The Morgan fingerprint density at radius 2 is 2.27 bits per heavy atom. The lowest BCUT2D eigenvalue weighted by molar-refractivity contribution is 0.0874. The number of nitrogens with one attached hydrogen (secondary N) is 1. The third-order valence-electron chi connectivity index (χ3n) is 1.95. The summed E-state index contributed by atoms with van der Waals surface area (Å²) in [5, 5.41) is 9.69. The predicted molar refractivity (Wildman–Crippen MR) is 59.0 cm³/mol. The standard InChI is InChI=1S/C10H17N3O2/c1-4-13(6-10(2,3)15)8-5-9(14)12-7-11-8/h5,7,15H,4,6H2,1-3H3,(H,11,12,14). The van der Waals surface area contributed by atoms with Crippen LogP contribution in [0.2, 0.25) is 0 Å². The quantitative estimate of drug-likeness (QED) is 0.754. The average molecular weight is 211 g/mol. The number of hydrogen-bond donors (Lipinski definition) is 2. The van der Waals surface area contributed by atoms with Gasteiger partial charge in [0, 0.05) is 19.2 Å². The van der Waals surface area contributed by atoms with Crippen LogP contribution in [0.1, 0.15) is 20.8 Å². The van der Waals surface area contributed by atoms with E-state index in [2.05, 4.69) is 9.97 Å². The highest BCUT2D eigenvalue weighted by Gasteiger charge is 2.18. The zero-order chi connectivity index (χ0) is 11.5. The Bertz CT molecular complexity index is 367. The Kier molecular flexibility index (Phi) is 3.47. The van der Waals surface area contributed by atoms with Crippen molar-refractivity contribution in [2.24, 2.45) is 0 Å². The Balaban J connectivity index is 2.88. The van der Waals surface area contributed by atoms with Crippen LogP contribution in [0.15, 0.2) is 17.2 Å². The topological polar surface area (TPSA) is 69.2 Å². The molecule has 0 spiro atoms. The maximum atomic E-state index is 11.1. The SMILES string of the molecule is CCN(CC(C)(C)O)c1cc(=O)[nH]cn1. The third-order valence-corrected chi connectivity index (χ3v) is 1.95. The van der Waals surface area contributed by atoms with Crippen molar-refractivity contribution >= 4 is 5.82 Å². The van der Waals surface area contributed by atoms with Crippen LogP contribution in [0.3, 0.4) is 0 Å². The number of likely N-dealkylation sites (N-methyl/N-ethyl adjacent to an activating group) is 1. The van der Waals surface area contributed by atoms with Gasteiger partial charge in [-0.1, -0.05) is 0 Å². The monoisotopic (exact) mass is 211 g/mol. The summed E-state index contributed by atoms with van der Waals surface area (Å²) in [4.78, 5) is 19.5. The summed E-state index contributed by atoms with van der Waals surface area (Å²) >= 11 is 0. The van der Waals surface area contributed by atoms with Crippen molar-refractivity contribution in [2.75, 3.05) is 18.0 Å². The first-order valence-corrected chi connectivity index (χ1v) is 4.94. The number of anilines is 1. The molecule has 2 N–H and O–H groups in total. The van der Waals surface area contributed by atoms with Gasteiger partial charge in [-0.05, 0) is 20.8 Å². The van der Waals surface area contributed by atoms with Crippen molar-refractivity contribution in [3.05, 3.63) is 22.7 Å². The normalized spacial score (nSPS) is 11.5. The third kappa shape index (κ3) is 3.71. The lowest BCUT2D eigenvalue weighted by atomic mass is 10.1. The highest BCUT2D eigenvalue weighted by atomic mass is 16.3. The molecule has 0 aliphatic heterocycles.